The molecule has 0 saturated carbocycles. The van der Waals surface area contributed by atoms with Crippen LogP contribution in [0.25, 0.3) is 0 Å². The van der Waals surface area contributed by atoms with Gasteiger partial charge in [0.25, 0.3) is 5.91 Å². The molecule has 0 bridgehead atoms. The standard InChI is InChI=1S/C8H13FN2O/c1-7(2,5-10)11-6(12)8(3,4)9/h1-4H3,(H,11,12). The second kappa shape index (κ2) is 3.10. The van der Waals surface area contributed by atoms with Gasteiger partial charge in [0.05, 0.1) is 6.07 Å². The third-order valence-corrected chi connectivity index (χ3v) is 1.25. The molecular weight excluding hydrogens is 159 g/mol. The van der Waals surface area contributed by atoms with Crippen molar-refractivity contribution in [2.75, 3.05) is 0 Å². The Kier molecular flexibility index (Phi) is 2.81. The third kappa shape index (κ3) is 3.33. The molecule has 0 saturated heterocycles. The van der Waals surface area contributed by atoms with E-state index in [1.54, 1.807) is 0 Å². The van der Waals surface area contributed by atoms with E-state index < -0.39 is 17.1 Å². The van der Waals surface area contributed by atoms with Crippen molar-refractivity contribution in [3.05, 3.63) is 0 Å². The van der Waals surface area contributed by atoms with Crippen molar-refractivity contribution in [3.63, 3.8) is 0 Å². The minimum atomic E-state index is -1.94. The molecule has 3 nitrogen and oxygen atoms in total. The van der Waals surface area contributed by atoms with Crippen LogP contribution < -0.4 is 5.32 Å². The summed E-state index contributed by atoms with van der Waals surface area (Å²) >= 11 is 0. The molecule has 0 heterocycles. The summed E-state index contributed by atoms with van der Waals surface area (Å²) < 4.78 is 12.9. The number of nitrogens with one attached hydrogen (secondary N) is 1. The zero-order valence-electron chi connectivity index (χ0n) is 7.73. The van der Waals surface area contributed by atoms with Crippen molar-refractivity contribution in [1.29, 1.82) is 5.26 Å². The van der Waals surface area contributed by atoms with Crippen molar-refractivity contribution in [2.45, 2.75) is 38.9 Å². The number of rotatable bonds is 2. The Labute approximate surface area is 71.6 Å². The van der Waals surface area contributed by atoms with Crippen LogP contribution in [0.4, 0.5) is 4.39 Å². The van der Waals surface area contributed by atoms with E-state index >= 15 is 0 Å². The predicted octanol–water partition coefficient (Wildman–Crippen LogP) is 1.15. The maximum absolute atomic E-state index is 12.9. The lowest BCUT2D eigenvalue weighted by molar-refractivity contribution is -0.131. The molecule has 12 heavy (non-hydrogen) atoms. The fraction of sp³-hybridized carbons (Fsp3) is 0.750. The molecule has 0 aromatic rings. The first-order chi connectivity index (χ1) is 5.19. The highest BCUT2D eigenvalue weighted by atomic mass is 19.1. The van der Waals surface area contributed by atoms with Crippen LogP contribution in [0.2, 0.25) is 0 Å². The number of hydrogen-bond donors (Lipinski definition) is 1. The van der Waals surface area contributed by atoms with Crippen LogP contribution in [-0.2, 0) is 4.79 Å². The van der Waals surface area contributed by atoms with Crippen molar-refractivity contribution in [2.24, 2.45) is 0 Å². The number of nitrogens with zero attached hydrogens (tertiary/aromatic N) is 1. The maximum atomic E-state index is 12.9. The zero-order valence-corrected chi connectivity index (χ0v) is 7.73. The normalized spacial score (nSPS) is 12.0. The summed E-state index contributed by atoms with van der Waals surface area (Å²) in [4.78, 5) is 11.0. The molecule has 0 atom stereocenters. The Hall–Kier alpha value is -1.11. The van der Waals surface area contributed by atoms with E-state index in [1.807, 2.05) is 6.07 Å². The number of alkyl halides is 1. The van der Waals surface area contributed by atoms with Crippen LogP contribution in [0, 0.1) is 11.3 Å². The van der Waals surface area contributed by atoms with E-state index in [9.17, 15) is 9.18 Å². The van der Waals surface area contributed by atoms with Gasteiger partial charge in [0.15, 0.2) is 5.67 Å². The van der Waals surface area contributed by atoms with Gasteiger partial charge >= 0.3 is 0 Å². The van der Waals surface area contributed by atoms with Gasteiger partial charge in [-0.25, -0.2) is 4.39 Å². The summed E-state index contributed by atoms with van der Waals surface area (Å²) in [5, 5.41) is 10.8. The van der Waals surface area contributed by atoms with E-state index in [2.05, 4.69) is 5.32 Å². The molecule has 0 rings (SSSR count). The lowest BCUT2D eigenvalue weighted by atomic mass is 10.1. The SMILES string of the molecule is CC(C)(C#N)NC(=O)C(C)(C)F. The van der Waals surface area contributed by atoms with Gasteiger partial charge < -0.3 is 5.32 Å². The van der Waals surface area contributed by atoms with E-state index in [-0.39, 0.29) is 0 Å². The number of nitriles is 1. The van der Waals surface area contributed by atoms with Crippen molar-refractivity contribution in [1.82, 2.24) is 5.32 Å². The Morgan fingerprint density at radius 3 is 2.08 bits per heavy atom. The van der Waals surface area contributed by atoms with Crippen LogP contribution in [0.1, 0.15) is 27.7 Å². The van der Waals surface area contributed by atoms with Crippen molar-refractivity contribution >= 4 is 5.91 Å². The van der Waals surface area contributed by atoms with Gasteiger partial charge in [0.1, 0.15) is 5.54 Å². The van der Waals surface area contributed by atoms with Gasteiger partial charge in [-0.1, -0.05) is 0 Å². The van der Waals surface area contributed by atoms with Gasteiger partial charge in [-0.3, -0.25) is 4.79 Å². The molecule has 68 valence electrons. The number of carbonyl (C=O) groups is 1. The van der Waals surface area contributed by atoms with E-state index in [0.29, 0.717) is 0 Å². The molecule has 0 aromatic carbocycles. The number of amides is 1. The van der Waals surface area contributed by atoms with Crippen molar-refractivity contribution in [3.8, 4) is 6.07 Å². The van der Waals surface area contributed by atoms with Gasteiger partial charge in [-0.15, -0.1) is 0 Å². The maximum Gasteiger partial charge on any atom is 0.258 e. The summed E-state index contributed by atoms with van der Waals surface area (Å²) in [5.74, 6) is -0.769. The lowest BCUT2D eigenvalue weighted by Crippen LogP contribution is -2.49. The monoisotopic (exact) mass is 172 g/mol. The van der Waals surface area contributed by atoms with Crippen LogP contribution in [0.5, 0.6) is 0 Å². The number of halogens is 1. The van der Waals surface area contributed by atoms with E-state index in [4.69, 9.17) is 5.26 Å². The average Bonchev–Trinajstić information content (AvgIpc) is 1.85. The van der Waals surface area contributed by atoms with E-state index in [0.717, 1.165) is 13.8 Å². The topological polar surface area (TPSA) is 52.9 Å². The summed E-state index contributed by atoms with van der Waals surface area (Å²) in [6, 6.07) is 1.85. The number of hydrogen-bond acceptors (Lipinski definition) is 2. The first kappa shape index (κ1) is 10.9. The first-order valence-electron chi connectivity index (χ1n) is 3.62. The lowest BCUT2D eigenvalue weighted by Gasteiger charge is -2.21. The molecule has 1 N–H and O–H groups in total. The number of carbonyl (C=O) groups excluding carboxylic acids is 1. The highest BCUT2D eigenvalue weighted by Crippen LogP contribution is 2.10. The van der Waals surface area contributed by atoms with Gasteiger partial charge in [-0.2, -0.15) is 5.26 Å². The second-order valence-corrected chi connectivity index (χ2v) is 3.66. The van der Waals surface area contributed by atoms with Crippen LogP contribution >= 0.6 is 0 Å². The average molecular weight is 172 g/mol. The van der Waals surface area contributed by atoms with E-state index in [1.165, 1.54) is 13.8 Å². The summed E-state index contributed by atoms with van der Waals surface area (Å²) in [6.45, 7) is 5.32. The highest BCUT2D eigenvalue weighted by Gasteiger charge is 2.31. The minimum absolute atomic E-state index is 0.769. The minimum Gasteiger partial charge on any atom is -0.336 e. The van der Waals surface area contributed by atoms with Gasteiger partial charge in [-0.05, 0) is 27.7 Å². The molecule has 4 heteroatoms. The molecule has 0 aliphatic carbocycles. The highest BCUT2D eigenvalue weighted by molar-refractivity contribution is 5.85. The van der Waals surface area contributed by atoms with Crippen LogP contribution in [-0.4, -0.2) is 17.1 Å². The summed E-state index contributed by atoms with van der Waals surface area (Å²) in [5.41, 5.74) is -2.95. The largest absolute Gasteiger partial charge is 0.336 e. The molecule has 0 radical (unpaired) electrons. The van der Waals surface area contributed by atoms with Crippen LogP contribution in [0.15, 0.2) is 0 Å². The predicted molar refractivity (Wildman–Crippen MR) is 43.0 cm³/mol. The van der Waals surface area contributed by atoms with Crippen LogP contribution in [0.3, 0.4) is 0 Å². The van der Waals surface area contributed by atoms with Gasteiger partial charge in [0, 0.05) is 0 Å². The van der Waals surface area contributed by atoms with Crippen molar-refractivity contribution < 1.29 is 9.18 Å². The molecule has 0 fully saturated rings. The molecular formula is C8H13FN2O. The Morgan fingerprint density at radius 2 is 1.83 bits per heavy atom. The fourth-order valence-corrected chi connectivity index (χ4v) is 0.460. The quantitative estimate of drug-likeness (QED) is 0.679. The second-order valence-electron chi connectivity index (χ2n) is 3.66. The molecule has 0 aromatic heterocycles. The first-order valence-corrected chi connectivity index (χ1v) is 3.62. The smallest absolute Gasteiger partial charge is 0.258 e. The Balaban J connectivity index is 4.33. The Morgan fingerprint density at radius 1 is 1.42 bits per heavy atom. The fourth-order valence-electron chi connectivity index (χ4n) is 0.460. The zero-order chi connectivity index (χ0) is 9.99. The summed E-state index contributed by atoms with van der Waals surface area (Å²) in [7, 11) is 0. The third-order valence-electron chi connectivity index (χ3n) is 1.25. The Bertz CT molecular complexity index is 222. The molecule has 0 aliphatic heterocycles. The molecule has 0 unspecified atom stereocenters. The van der Waals surface area contributed by atoms with Gasteiger partial charge in [0.2, 0.25) is 0 Å². The molecule has 1 amide bonds. The molecule has 0 aliphatic rings. The summed E-state index contributed by atoms with van der Waals surface area (Å²) in [6.07, 6.45) is 0. The molecule has 0 spiro atoms.